The van der Waals surface area contributed by atoms with E-state index in [1.165, 1.54) is 128 Å². The van der Waals surface area contributed by atoms with Crippen LogP contribution in [0, 0.1) is 0 Å². The van der Waals surface area contributed by atoms with Crippen LogP contribution in [0.25, 0.3) is 0 Å². The van der Waals surface area contributed by atoms with E-state index in [1.807, 2.05) is 4.90 Å². The van der Waals surface area contributed by atoms with Crippen molar-refractivity contribution in [2.24, 2.45) is 0 Å². The van der Waals surface area contributed by atoms with Crippen LogP contribution < -0.4 is 0 Å². The molecular weight excluding hydrogens is 418 g/mol. The fourth-order valence-corrected chi connectivity index (χ4v) is 4.46. The van der Waals surface area contributed by atoms with Crippen molar-refractivity contribution in [1.29, 1.82) is 0 Å². The molecule has 0 rings (SSSR count). The van der Waals surface area contributed by atoms with Crippen LogP contribution in [0.2, 0.25) is 0 Å². The molecule has 1 amide bonds. The molecule has 3 nitrogen and oxygen atoms in total. The van der Waals surface area contributed by atoms with Crippen molar-refractivity contribution in [2.75, 3.05) is 19.2 Å². The molecule has 0 saturated carbocycles. The number of halogens is 1. The lowest BCUT2D eigenvalue weighted by molar-refractivity contribution is 0.116. The summed E-state index contributed by atoms with van der Waals surface area (Å²) in [6.45, 7) is 6.16. The second kappa shape index (κ2) is 26.8. The smallest absolute Gasteiger partial charge is 0.410 e. The van der Waals surface area contributed by atoms with Crippen molar-refractivity contribution in [2.45, 2.75) is 155 Å². The van der Waals surface area contributed by atoms with Gasteiger partial charge in [0.2, 0.25) is 0 Å². The summed E-state index contributed by atoms with van der Waals surface area (Å²) in [6.07, 6.45) is 28.9. The van der Waals surface area contributed by atoms with E-state index in [-0.39, 0.29) is 12.2 Å². The van der Waals surface area contributed by atoms with Gasteiger partial charge in [-0.05, 0) is 12.8 Å². The summed E-state index contributed by atoms with van der Waals surface area (Å²) in [5.41, 5.74) is 0. The highest BCUT2D eigenvalue weighted by molar-refractivity contribution is 6.17. The van der Waals surface area contributed by atoms with Gasteiger partial charge in [-0.2, -0.15) is 0 Å². The van der Waals surface area contributed by atoms with Crippen molar-refractivity contribution < 1.29 is 9.53 Å². The molecule has 0 spiro atoms. The highest BCUT2D eigenvalue weighted by Gasteiger charge is 2.13. The Morgan fingerprint density at radius 1 is 0.531 bits per heavy atom. The van der Waals surface area contributed by atoms with E-state index in [1.54, 1.807) is 0 Å². The Kier molecular flexibility index (Phi) is 26.4. The Labute approximate surface area is 206 Å². The Balaban J connectivity index is 3.68. The van der Waals surface area contributed by atoms with Crippen molar-refractivity contribution in [3.8, 4) is 0 Å². The maximum absolute atomic E-state index is 12.2. The van der Waals surface area contributed by atoms with Crippen molar-refractivity contribution >= 4 is 17.7 Å². The van der Waals surface area contributed by atoms with E-state index in [4.69, 9.17) is 16.3 Å². The third-order valence-electron chi connectivity index (χ3n) is 6.50. The third kappa shape index (κ3) is 22.7. The van der Waals surface area contributed by atoms with Crippen molar-refractivity contribution in [3.63, 3.8) is 0 Å². The van der Waals surface area contributed by atoms with E-state index in [0.717, 1.165) is 25.9 Å². The number of rotatable bonds is 25. The first kappa shape index (κ1) is 31.6. The molecule has 0 aromatic rings. The summed E-state index contributed by atoms with van der Waals surface area (Å²) < 4.78 is 5.06. The van der Waals surface area contributed by atoms with E-state index < -0.39 is 0 Å². The highest BCUT2D eigenvalue weighted by Crippen LogP contribution is 2.14. The van der Waals surface area contributed by atoms with E-state index in [0.29, 0.717) is 0 Å². The van der Waals surface area contributed by atoms with Gasteiger partial charge in [-0.1, -0.05) is 154 Å². The molecule has 192 valence electrons. The number of nitrogens with zero attached hydrogens (tertiary/aromatic N) is 1. The predicted molar refractivity (Wildman–Crippen MR) is 142 cm³/mol. The molecular formula is C28H56ClNO2. The van der Waals surface area contributed by atoms with Crippen LogP contribution in [0.1, 0.15) is 155 Å². The van der Waals surface area contributed by atoms with Crippen molar-refractivity contribution in [1.82, 2.24) is 4.90 Å². The van der Waals surface area contributed by atoms with Crippen molar-refractivity contribution in [3.05, 3.63) is 0 Å². The maximum Gasteiger partial charge on any atom is 0.410 e. The minimum absolute atomic E-state index is 0.0498. The number of hydrogen-bond donors (Lipinski definition) is 0. The van der Waals surface area contributed by atoms with Gasteiger partial charge in [0.15, 0.2) is 6.07 Å². The monoisotopic (exact) mass is 473 g/mol. The van der Waals surface area contributed by atoms with E-state index in [9.17, 15) is 4.79 Å². The van der Waals surface area contributed by atoms with Gasteiger partial charge in [0.25, 0.3) is 0 Å². The molecule has 0 bridgehead atoms. The van der Waals surface area contributed by atoms with Crippen LogP contribution in [0.4, 0.5) is 4.79 Å². The minimum atomic E-state index is -0.237. The standard InChI is InChI=1S/C28H56ClNO2/c1-3-5-7-9-11-13-15-17-19-21-23-25-30(28(31)32-27-29)26-24-22-20-18-16-14-12-10-8-6-4-2/h3-27H2,1-2H3. The topological polar surface area (TPSA) is 29.5 Å². The van der Waals surface area contributed by atoms with Gasteiger partial charge >= 0.3 is 6.09 Å². The maximum atomic E-state index is 12.2. The van der Waals surface area contributed by atoms with Gasteiger partial charge in [0.05, 0.1) is 0 Å². The first-order chi connectivity index (χ1) is 15.8. The molecule has 32 heavy (non-hydrogen) atoms. The zero-order valence-electron chi connectivity index (χ0n) is 21.8. The quantitative estimate of drug-likeness (QED) is 0.0973. The first-order valence-corrected chi connectivity index (χ1v) is 14.8. The summed E-state index contributed by atoms with van der Waals surface area (Å²) >= 11 is 5.62. The van der Waals surface area contributed by atoms with E-state index >= 15 is 0 Å². The fourth-order valence-electron chi connectivity index (χ4n) is 4.37. The van der Waals surface area contributed by atoms with Gasteiger partial charge in [-0.3, -0.25) is 0 Å². The zero-order chi connectivity index (χ0) is 23.5. The van der Waals surface area contributed by atoms with Crippen LogP contribution >= 0.6 is 11.6 Å². The SMILES string of the molecule is CCCCCCCCCCCCCN(CCCCCCCCCCCCC)C(=O)OCCl. The Morgan fingerprint density at radius 2 is 0.812 bits per heavy atom. The molecule has 0 heterocycles. The zero-order valence-corrected chi connectivity index (χ0v) is 22.6. The lowest BCUT2D eigenvalue weighted by atomic mass is 10.1. The second-order valence-corrected chi connectivity index (χ2v) is 9.80. The molecule has 0 aromatic carbocycles. The number of amides is 1. The molecule has 0 atom stereocenters. The molecule has 0 aliphatic rings. The molecule has 0 unspecified atom stereocenters. The average molecular weight is 474 g/mol. The molecule has 0 N–H and O–H groups in total. The Hall–Kier alpha value is -0.440. The van der Waals surface area contributed by atoms with Gasteiger partial charge in [0, 0.05) is 13.1 Å². The number of ether oxygens (including phenoxy) is 1. The molecule has 0 fully saturated rings. The first-order valence-electron chi connectivity index (χ1n) is 14.2. The van der Waals surface area contributed by atoms with Gasteiger partial charge in [-0.15, -0.1) is 0 Å². The fraction of sp³-hybridized carbons (Fsp3) is 0.964. The van der Waals surface area contributed by atoms with Gasteiger partial charge in [0.1, 0.15) is 0 Å². The van der Waals surface area contributed by atoms with Gasteiger partial charge in [-0.25, -0.2) is 4.79 Å². The van der Waals surface area contributed by atoms with Crippen LogP contribution in [0.5, 0.6) is 0 Å². The van der Waals surface area contributed by atoms with Crippen LogP contribution in [-0.4, -0.2) is 30.1 Å². The summed E-state index contributed by atoms with van der Waals surface area (Å²) in [5.74, 6) is 0. The number of carbonyl (C=O) groups excluding carboxylic acids is 1. The average Bonchev–Trinajstić information content (AvgIpc) is 2.79. The van der Waals surface area contributed by atoms with Crippen LogP contribution in [0.3, 0.4) is 0 Å². The summed E-state index contributed by atoms with van der Waals surface area (Å²) in [5, 5.41) is 0. The van der Waals surface area contributed by atoms with Gasteiger partial charge < -0.3 is 9.64 Å². The highest BCUT2D eigenvalue weighted by atomic mass is 35.5. The lowest BCUT2D eigenvalue weighted by Gasteiger charge is -2.21. The van der Waals surface area contributed by atoms with E-state index in [2.05, 4.69) is 13.8 Å². The summed E-state index contributed by atoms with van der Waals surface area (Å²) in [4.78, 5) is 14.1. The molecule has 0 aliphatic heterocycles. The van der Waals surface area contributed by atoms with Crippen LogP contribution in [0.15, 0.2) is 0 Å². The summed E-state index contributed by atoms with van der Waals surface area (Å²) in [6, 6.07) is -0.0498. The summed E-state index contributed by atoms with van der Waals surface area (Å²) in [7, 11) is 0. The number of carbonyl (C=O) groups is 1. The normalized spacial score (nSPS) is 11.1. The minimum Gasteiger partial charge on any atom is -0.433 e. The number of hydrogen-bond acceptors (Lipinski definition) is 2. The van der Waals surface area contributed by atoms with Crippen LogP contribution in [-0.2, 0) is 4.74 Å². The molecule has 0 aliphatic carbocycles. The Morgan fingerprint density at radius 3 is 1.09 bits per heavy atom. The Bertz CT molecular complexity index is 352. The molecule has 0 radical (unpaired) electrons. The number of unbranched alkanes of at least 4 members (excludes halogenated alkanes) is 20. The third-order valence-corrected chi connectivity index (χ3v) is 6.61. The molecule has 0 aromatic heterocycles. The largest absolute Gasteiger partial charge is 0.433 e. The lowest BCUT2D eigenvalue weighted by Crippen LogP contribution is -2.33. The molecule has 0 saturated heterocycles. The molecule has 4 heteroatoms. The second-order valence-electron chi connectivity index (χ2n) is 9.58. The predicted octanol–water partition coefficient (Wildman–Crippen LogP) is 10.2. The number of alkyl halides is 1.